The number of piperidine rings is 1. The maximum absolute atomic E-state index is 14.1. The van der Waals surface area contributed by atoms with Crippen LogP contribution in [-0.4, -0.2) is 32.1 Å². The van der Waals surface area contributed by atoms with Crippen LogP contribution in [0.5, 0.6) is 5.75 Å². The van der Waals surface area contributed by atoms with E-state index in [1.165, 1.54) is 37.4 Å². The standard InChI is InChI=1S/C24H30F2N2O2/c1-16(2)15-21(27-24(29)18-7-9-19(25)10-8-18)17-11-13-28(14-12-17)22-6-4-5-20(26)23(22)30-3/h4-10,16-17,21H,11-15H2,1-3H3,(H,27,29). The summed E-state index contributed by atoms with van der Waals surface area (Å²) >= 11 is 0. The third kappa shape index (κ3) is 5.29. The molecule has 2 aromatic rings. The lowest BCUT2D eigenvalue weighted by atomic mass is 9.84. The number of rotatable bonds is 7. The van der Waals surface area contributed by atoms with Gasteiger partial charge in [-0.15, -0.1) is 0 Å². The Morgan fingerprint density at radius 2 is 1.80 bits per heavy atom. The Hall–Kier alpha value is -2.63. The van der Waals surface area contributed by atoms with E-state index < -0.39 is 0 Å². The van der Waals surface area contributed by atoms with Crippen LogP contribution in [0.4, 0.5) is 14.5 Å². The molecule has 0 radical (unpaired) electrons. The highest BCUT2D eigenvalue weighted by molar-refractivity contribution is 5.94. The summed E-state index contributed by atoms with van der Waals surface area (Å²) in [6.07, 6.45) is 2.66. The molecule has 3 rings (SSSR count). The largest absolute Gasteiger partial charge is 0.492 e. The molecule has 2 aromatic carbocycles. The van der Waals surface area contributed by atoms with Crippen LogP contribution in [0.15, 0.2) is 42.5 Å². The fourth-order valence-corrected chi connectivity index (χ4v) is 4.22. The fraction of sp³-hybridized carbons (Fsp3) is 0.458. The predicted molar refractivity (Wildman–Crippen MR) is 115 cm³/mol. The van der Waals surface area contributed by atoms with Gasteiger partial charge in [0.05, 0.1) is 12.8 Å². The summed E-state index contributed by atoms with van der Waals surface area (Å²) in [6.45, 7) is 5.82. The van der Waals surface area contributed by atoms with Gasteiger partial charge in [-0.25, -0.2) is 8.78 Å². The first kappa shape index (κ1) is 22.1. The molecule has 0 aliphatic carbocycles. The number of hydrogen-bond acceptors (Lipinski definition) is 3. The quantitative estimate of drug-likeness (QED) is 0.688. The molecule has 1 N–H and O–H groups in total. The first-order valence-corrected chi connectivity index (χ1v) is 10.5. The molecule has 1 unspecified atom stereocenters. The number of anilines is 1. The number of carbonyl (C=O) groups excluding carboxylic acids is 1. The molecule has 162 valence electrons. The van der Waals surface area contributed by atoms with E-state index in [0.717, 1.165) is 38.0 Å². The maximum Gasteiger partial charge on any atom is 0.251 e. The Morgan fingerprint density at radius 1 is 1.13 bits per heavy atom. The summed E-state index contributed by atoms with van der Waals surface area (Å²) in [5.41, 5.74) is 1.23. The Bertz CT molecular complexity index is 847. The van der Waals surface area contributed by atoms with Crippen molar-refractivity contribution >= 4 is 11.6 Å². The average molecular weight is 417 g/mol. The van der Waals surface area contributed by atoms with E-state index >= 15 is 0 Å². The summed E-state index contributed by atoms with van der Waals surface area (Å²) in [7, 11) is 1.48. The molecule has 1 atom stereocenters. The van der Waals surface area contributed by atoms with Crippen LogP contribution in [0, 0.1) is 23.5 Å². The summed E-state index contributed by atoms with van der Waals surface area (Å²) in [6, 6.07) is 10.6. The highest BCUT2D eigenvalue weighted by atomic mass is 19.1. The van der Waals surface area contributed by atoms with Crippen molar-refractivity contribution in [3.63, 3.8) is 0 Å². The number of hydrogen-bond donors (Lipinski definition) is 1. The van der Waals surface area contributed by atoms with Crippen LogP contribution in [0.25, 0.3) is 0 Å². The minimum Gasteiger partial charge on any atom is -0.492 e. The van der Waals surface area contributed by atoms with Crippen molar-refractivity contribution in [3.8, 4) is 5.75 Å². The molecule has 1 aliphatic heterocycles. The summed E-state index contributed by atoms with van der Waals surface area (Å²) < 4.78 is 32.5. The first-order chi connectivity index (χ1) is 14.4. The summed E-state index contributed by atoms with van der Waals surface area (Å²) in [5.74, 6) is 0.151. The molecule has 4 nitrogen and oxygen atoms in total. The van der Waals surface area contributed by atoms with Gasteiger partial charge in [0, 0.05) is 24.7 Å². The maximum atomic E-state index is 14.1. The molecule has 6 heteroatoms. The van der Waals surface area contributed by atoms with E-state index in [-0.39, 0.29) is 29.3 Å². The lowest BCUT2D eigenvalue weighted by Crippen LogP contribution is -2.46. The molecule has 0 spiro atoms. The van der Waals surface area contributed by atoms with Crippen molar-refractivity contribution in [2.75, 3.05) is 25.1 Å². The molecule has 0 aromatic heterocycles. The lowest BCUT2D eigenvalue weighted by molar-refractivity contribution is 0.0907. The van der Waals surface area contributed by atoms with Gasteiger partial charge >= 0.3 is 0 Å². The smallest absolute Gasteiger partial charge is 0.251 e. The van der Waals surface area contributed by atoms with Gasteiger partial charge in [0.2, 0.25) is 0 Å². The molecule has 1 saturated heterocycles. The molecular formula is C24H30F2N2O2. The van der Waals surface area contributed by atoms with Gasteiger partial charge in [0.15, 0.2) is 11.6 Å². The minimum atomic E-state index is -0.360. The van der Waals surface area contributed by atoms with Gasteiger partial charge in [-0.1, -0.05) is 19.9 Å². The van der Waals surface area contributed by atoms with Crippen LogP contribution < -0.4 is 15.0 Å². The SMILES string of the molecule is COc1c(F)cccc1N1CCC(C(CC(C)C)NC(=O)c2ccc(F)cc2)CC1. The van der Waals surface area contributed by atoms with Crippen LogP contribution in [-0.2, 0) is 0 Å². The topological polar surface area (TPSA) is 41.6 Å². The number of amides is 1. The van der Waals surface area contributed by atoms with Gasteiger partial charge < -0.3 is 15.0 Å². The van der Waals surface area contributed by atoms with Crippen LogP contribution in [0.2, 0.25) is 0 Å². The van der Waals surface area contributed by atoms with Crippen LogP contribution in [0.3, 0.4) is 0 Å². The van der Waals surface area contributed by atoms with Crippen molar-refractivity contribution in [1.82, 2.24) is 5.32 Å². The van der Waals surface area contributed by atoms with Crippen molar-refractivity contribution in [3.05, 3.63) is 59.7 Å². The highest BCUT2D eigenvalue weighted by Gasteiger charge is 2.30. The van der Waals surface area contributed by atoms with E-state index in [1.807, 2.05) is 6.07 Å². The lowest BCUT2D eigenvalue weighted by Gasteiger charge is -2.38. The molecular weight excluding hydrogens is 386 g/mol. The Morgan fingerprint density at radius 3 is 2.40 bits per heavy atom. The predicted octanol–water partition coefficient (Wildman–Crippen LogP) is 5.03. The van der Waals surface area contributed by atoms with E-state index in [1.54, 1.807) is 6.07 Å². The number of halogens is 2. The fourth-order valence-electron chi connectivity index (χ4n) is 4.22. The van der Waals surface area contributed by atoms with E-state index in [0.29, 0.717) is 17.4 Å². The number of para-hydroxylation sites is 1. The molecule has 0 bridgehead atoms. The monoisotopic (exact) mass is 416 g/mol. The van der Waals surface area contributed by atoms with Gasteiger partial charge in [0.25, 0.3) is 5.91 Å². The third-order valence-corrected chi connectivity index (χ3v) is 5.75. The zero-order chi connectivity index (χ0) is 21.7. The van der Waals surface area contributed by atoms with Crippen molar-refractivity contribution in [1.29, 1.82) is 0 Å². The van der Waals surface area contributed by atoms with Gasteiger partial charge in [-0.05, 0) is 67.5 Å². The van der Waals surface area contributed by atoms with Crippen molar-refractivity contribution in [2.24, 2.45) is 11.8 Å². The normalized spacial score (nSPS) is 15.9. The number of nitrogens with zero attached hydrogens (tertiary/aromatic N) is 1. The summed E-state index contributed by atoms with van der Waals surface area (Å²) in [4.78, 5) is 14.8. The average Bonchev–Trinajstić information content (AvgIpc) is 2.73. The van der Waals surface area contributed by atoms with Crippen LogP contribution in [0.1, 0.15) is 43.5 Å². The zero-order valence-corrected chi connectivity index (χ0v) is 17.8. The molecule has 1 heterocycles. The molecule has 30 heavy (non-hydrogen) atoms. The summed E-state index contributed by atoms with van der Waals surface area (Å²) in [5, 5.41) is 3.18. The van der Waals surface area contributed by atoms with E-state index in [9.17, 15) is 13.6 Å². The van der Waals surface area contributed by atoms with E-state index in [2.05, 4.69) is 24.1 Å². The second-order valence-corrected chi connectivity index (χ2v) is 8.33. The second kappa shape index (κ2) is 9.92. The molecule has 0 saturated carbocycles. The Balaban J connectivity index is 1.67. The van der Waals surface area contributed by atoms with Crippen molar-refractivity contribution < 1.29 is 18.3 Å². The third-order valence-electron chi connectivity index (χ3n) is 5.75. The van der Waals surface area contributed by atoms with E-state index in [4.69, 9.17) is 4.74 Å². The van der Waals surface area contributed by atoms with Crippen molar-refractivity contribution in [2.45, 2.75) is 39.2 Å². The molecule has 1 aliphatic rings. The number of nitrogens with one attached hydrogen (secondary N) is 1. The number of ether oxygens (including phenoxy) is 1. The molecule has 1 fully saturated rings. The van der Waals surface area contributed by atoms with Crippen LogP contribution >= 0.6 is 0 Å². The zero-order valence-electron chi connectivity index (χ0n) is 17.8. The van der Waals surface area contributed by atoms with Gasteiger partial charge in [-0.2, -0.15) is 0 Å². The van der Waals surface area contributed by atoms with Gasteiger partial charge in [0.1, 0.15) is 5.82 Å². The second-order valence-electron chi connectivity index (χ2n) is 8.33. The first-order valence-electron chi connectivity index (χ1n) is 10.5. The Kier molecular flexibility index (Phi) is 7.29. The number of carbonyl (C=O) groups is 1. The molecule has 1 amide bonds. The minimum absolute atomic E-state index is 0.0408. The van der Waals surface area contributed by atoms with Gasteiger partial charge in [-0.3, -0.25) is 4.79 Å². The number of benzene rings is 2. The number of methoxy groups -OCH3 is 1. The Labute approximate surface area is 177 Å². The highest BCUT2D eigenvalue weighted by Crippen LogP contribution is 2.34.